The maximum absolute atomic E-state index is 9.17. The third kappa shape index (κ3) is 3.91. The Hall–Kier alpha value is -1.68. The van der Waals surface area contributed by atoms with E-state index in [-0.39, 0.29) is 6.10 Å². The molecule has 110 valence electrons. The molecule has 0 radical (unpaired) electrons. The molecule has 2 aromatic heterocycles. The monoisotopic (exact) mass is 322 g/mol. The van der Waals surface area contributed by atoms with Gasteiger partial charge in [0.2, 0.25) is 5.88 Å². The van der Waals surface area contributed by atoms with Gasteiger partial charge in [0.15, 0.2) is 0 Å². The molecule has 0 bridgehead atoms. The highest BCUT2D eigenvalue weighted by Crippen LogP contribution is 2.32. The molecule has 0 saturated heterocycles. The fourth-order valence-corrected chi connectivity index (χ4v) is 2.91. The van der Waals surface area contributed by atoms with Crippen LogP contribution < -0.4 is 10.1 Å². The lowest BCUT2D eigenvalue weighted by atomic mass is 10.2. The molecule has 0 aliphatic rings. The molecule has 1 atom stereocenters. The van der Waals surface area contributed by atoms with E-state index in [0.29, 0.717) is 23.0 Å². The third-order valence-corrected chi connectivity index (χ3v) is 4.21. The van der Waals surface area contributed by atoms with E-state index in [0.717, 1.165) is 17.1 Å². The summed E-state index contributed by atoms with van der Waals surface area (Å²) in [4.78, 5) is 9.20. The van der Waals surface area contributed by atoms with Crippen molar-refractivity contribution >= 4 is 22.9 Å². The van der Waals surface area contributed by atoms with Crippen LogP contribution in [0.25, 0.3) is 0 Å². The zero-order chi connectivity index (χ0) is 15.2. The number of nitrogens with one attached hydrogen (secondary N) is 1. The van der Waals surface area contributed by atoms with Crippen molar-refractivity contribution < 1.29 is 4.74 Å². The number of aromatic nitrogens is 2. The normalized spacial score (nSPS) is 11.9. The Morgan fingerprint density at radius 3 is 2.95 bits per heavy atom. The van der Waals surface area contributed by atoms with Crippen LogP contribution in [0.4, 0.5) is 0 Å². The van der Waals surface area contributed by atoms with E-state index in [1.54, 1.807) is 17.6 Å². The molecular weight excluding hydrogens is 308 g/mol. The van der Waals surface area contributed by atoms with Gasteiger partial charge in [-0.25, -0.2) is 9.97 Å². The van der Waals surface area contributed by atoms with Crippen LogP contribution in [0.2, 0.25) is 5.15 Å². The summed E-state index contributed by atoms with van der Waals surface area (Å²) in [5.41, 5.74) is 2.89. The predicted molar refractivity (Wildman–Crippen MR) is 82.7 cm³/mol. The SMILES string of the molecule is CNCCC(Oc1nc(C)ccc1C#N)c1scnc1Cl. The van der Waals surface area contributed by atoms with Gasteiger partial charge in [-0.2, -0.15) is 5.26 Å². The minimum absolute atomic E-state index is 0.279. The van der Waals surface area contributed by atoms with E-state index in [1.165, 1.54) is 11.3 Å². The summed E-state index contributed by atoms with van der Waals surface area (Å²) in [6, 6.07) is 5.59. The summed E-state index contributed by atoms with van der Waals surface area (Å²) in [5, 5.41) is 12.7. The molecule has 2 heterocycles. The van der Waals surface area contributed by atoms with Crippen molar-refractivity contribution in [3.63, 3.8) is 0 Å². The summed E-state index contributed by atoms with van der Waals surface area (Å²) in [5.74, 6) is 0.336. The summed E-state index contributed by atoms with van der Waals surface area (Å²) < 4.78 is 5.96. The Morgan fingerprint density at radius 1 is 1.52 bits per heavy atom. The van der Waals surface area contributed by atoms with Gasteiger partial charge in [-0.15, -0.1) is 11.3 Å². The molecule has 0 aliphatic carbocycles. The number of nitrogens with zero attached hydrogens (tertiary/aromatic N) is 3. The first-order valence-corrected chi connectivity index (χ1v) is 7.69. The molecule has 5 nitrogen and oxygen atoms in total. The van der Waals surface area contributed by atoms with Gasteiger partial charge in [0.1, 0.15) is 22.9 Å². The summed E-state index contributed by atoms with van der Waals surface area (Å²) in [6.45, 7) is 2.61. The van der Waals surface area contributed by atoms with E-state index in [1.807, 2.05) is 14.0 Å². The highest BCUT2D eigenvalue weighted by Gasteiger charge is 2.21. The van der Waals surface area contributed by atoms with Crippen LogP contribution in [0, 0.1) is 18.3 Å². The highest BCUT2D eigenvalue weighted by atomic mass is 35.5. The van der Waals surface area contributed by atoms with Crippen molar-refractivity contribution in [2.75, 3.05) is 13.6 Å². The fourth-order valence-electron chi connectivity index (χ4n) is 1.81. The van der Waals surface area contributed by atoms with Crippen LogP contribution >= 0.6 is 22.9 Å². The molecule has 2 rings (SSSR count). The largest absolute Gasteiger partial charge is 0.467 e. The highest BCUT2D eigenvalue weighted by molar-refractivity contribution is 7.10. The molecule has 0 saturated carbocycles. The molecule has 0 aromatic carbocycles. The van der Waals surface area contributed by atoms with Crippen LogP contribution in [0.15, 0.2) is 17.6 Å². The standard InChI is InChI=1S/C14H15ClN4OS/c1-9-3-4-10(7-16)14(19-9)20-11(5-6-17-2)12-13(15)18-8-21-12/h3-4,8,11,17H,5-6H2,1-2H3. The summed E-state index contributed by atoms with van der Waals surface area (Å²) in [7, 11) is 1.87. The number of halogens is 1. The lowest BCUT2D eigenvalue weighted by Crippen LogP contribution is -2.16. The van der Waals surface area contributed by atoms with Crippen molar-refractivity contribution in [2.24, 2.45) is 0 Å². The Bertz CT molecular complexity index is 653. The maximum Gasteiger partial charge on any atom is 0.232 e. The van der Waals surface area contributed by atoms with Gasteiger partial charge in [0, 0.05) is 12.1 Å². The van der Waals surface area contributed by atoms with Crippen molar-refractivity contribution in [1.82, 2.24) is 15.3 Å². The second-order valence-corrected chi connectivity index (χ2v) is 5.67. The topological polar surface area (TPSA) is 70.8 Å². The van der Waals surface area contributed by atoms with Crippen LogP contribution in [0.5, 0.6) is 5.88 Å². The van der Waals surface area contributed by atoms with Crippen LogP contribution in [-0.4, -0.2) is 23.6 Å². The van der Waals surface area contributed by atoms with E-state index in [4.69, 9.17) is 21.6 Å². The molecule has 21 heavy (non-hydrogen) atoms. The molecule has 0 amide bonds. The van der Waals surface area contributed by atoms with Crippen molar-refractivity contribution in [3.8, 4) is 11.9 Å². The van der Waals surface area contributed by atoms with Gasteiger partial charge >= 0.3 is 0 Å². The van der Waals surface area contributed by atoms with Crippen LogP contribution in [-0.2, 0) is 0 Å². The third-order valence-electron chi connectivity index (χ3n) is 2.87. The average Bonchev–Trinajstić information content (AvgIpc) is 2.90. The first-order valence-electron chi connectivity index (χ1n) is 6.43. The number of pyridine rings is 1. The van der Waals surface area contributed by atoms with Gasteiger partial charge in [0.05, 0.1) is 10.4 Å². The molecule has 0 aliphatic heterocycles. The molecule has 2 aromatic rings. The zero-order valence-electron chi connectivity index (χ0n) is 11.8. The summed E-state index contributed by atoms with van der Waals surface area (Å²) >= 11 is 7.54. The molecule has 0 fully saturated rings. The van der Waals surface area contributed by atoms with Gasteiger partial charge in [0.25, 0.3) is 0 Å². The Morgan fingerprint density at radius 2 is 2.33 bits per heavy atom. The number of ether oxygens (including phenoxy) is 1. The quantitative estimate of drug-likeness (QED) is 0.884. The van der Waals surface area contributed by atoms with Crippen LogP contribution in [0.1, 0.15) is 28.7 Å². The number of hydrogen-bond donors (Lipinski definition) is 1. The first-order chi connectivity index (χ1) is 10.2. The smallest absolute Gasteiger partial charge is 0.232 e. The van der Waals surface area contributed by atoms with Gasteiger partial charge in [-0.3, -0.25) is 0 Å². The molecule has 1 N–H and O–H groups in total. The average molecular weight is 323 g/mol. The number of hydrogen-bond acceptors (Lipinski definition) is 6. The number of aryl methyl sites for hydroxylation is 1. The molecule has 0 spiro atoms. The molecular formula is C14H15ClN4OS. The van der Waals surface area contributed by atoms with Crippen molar-refractivity contribution in [1.29, 1.82) is 5.26 Å². The minimum Gasteiger partial charge on any atom is -0.467 e. The molecule has 1 unspecified atom stereocenters. The lowest BCUT2D eigenvalue weighted by Gasteiger charge is -2.18. The van der Waals surface area contributed by atoms with Gasteiger partial charge in [-0.05, 0) is 32.6 Å². The maximum atomic E-state index is 9.17. The number of thiazole rings is 1. The zero-order valence-corrected chi connectivity index (χ0v) is 13.3. The molecule has 7 heteroatoms. The second-order valence-electron chi connectivity index (χ2n) is 4.42. The number of rotatable bonds is 6. The van der Waals surface area contributed by atoms with Crippen molar-refractivity contribution in [3.05, 3.63) is 38.9 Å². The van der Waals surface area contributed by atoms with E-state index in [9.17, 15) is 0 Å². The van der Waals surface area contributed by atoms with Gasteiger partial charge < -0.3 is 10.1 Å². The Labute approximate surface area is 132 Å². The first kappa shape index (κ1) is 15.7. The van der Waals surface area contributed by atoms with E-state index in [2.05, 4.69) is 21.4 Å². The lowest BCUT2D eigenvalue weighted by molar-refractivity contribution is 0.189. The Balaban J connectivity index is 2.29. The number of nitriles is 1. The Kier molecular flexibility index (Phi) is 5.51. The summed E-state index contributed by atoms with van der Waals surface area (Å²) in [6.07, 6.45) is 0.428. The van der Waals surface area contributed by atoms with Gasteiger partial charge in [-0.1, -0.05) is 11.6 Å². The second kappa shape index (κ2) is 7.36. The predicted octanol–water partition coefficient (Wildman–Crippen LogP) is 3.10. The fraction of sp³-hybridized carbons (Fsp3) is 0.357. The van der Waals surface area contributed by atoms with E-state index < -0.39 is 0 Å². The van der Waals surface area contributed by atoms with Crippen LogP contribution in [0.3, 0.4) is 0 Å². The van der Waals surface area contributed by atoms with E-state index >= 15 is 0 Å². The minimum atomic E-state index is -0.279. The van der Waals surface area contributed by atoms with Crippen molar-refractivity contribution in [2.45, 2.75) is 19.4 Å².